The van der Waals surface area contributed by atoms with Gasteiger partial charge in [-0.2, -0.15) is 0 Å². The number of carbonyl (C=O) groups excluding carboxylic acids is 2. The highest BCUT2D eigenvalue weighted by Crippen LogP contribution is 2.31. The van der Waals surface area contributed by atoms with Gasteiger partial charge in [-0.15, -0.1) is 10.2 Å². The van der Waals surface area contributed by atoms with Crippen LogP contribution in [0.5, 0.6) is 5.75 Å². The van der Waals surface area contributed by atoms with Gasteiger partial charge >= 0.3 is 5.97 Å². The fourth-order valence-corrected chi connectivity index (χ4v) is 3.20. The van der Waals surface area contributed by atoms with Gasteiger partial charge < -0.3 is 20.1 Å². The van der Waals surface area contributed by atoms with Gasteiger partial charge in [-0.1, -0.05) is 35.2 Å². The van der Waals surface area contributed by atoms with Crippen molar-refractivity contribution in [2.45, 2.75) is 4.34 Å². The van der Waals surface area contributed by atoms with Crippen LogP contribution in [0.2, 0.25) is 0 Å². The first-order valence-corrected chi connectivity index (χ1v) is 8.62. The molecule has 0 saturated heterocycles. The average Bonchev–Trinajstić information content (AvgIpc) is 3.05. The molecule has 0 spiro atoms. The summed E-state index contributed by atoms with van der Waals surface area (Å²) in [6.45, 7) is -0.146. The van der Waals surface area contributed by atoms with E-state index in [9.17, 15) is 9.59 Å². The molecule has 0 aliphatic heterocycles. The van der Waals surface area contributed by atoms with Crippen LogP contribution in [0.3, 0.4) is 0 Å². The SMILES string of the molecule is COC(=O)CNC(=O)CSc1nnc(Nc2ccccc2OC)s1. The predicted octanol–water partition coefficient (Wildman–Crippen LogP) is 1.67. The van der Waals surface area contributed by atoms with Crippen molar-refractivity contribution >= 4 is 45.8 Å². The molecular weight excluding hydrogens is 352 g/mol. The van der Waals surface area contributed by atoms with Crippen molar-refractivity contribution in [2.24, 2.45) is 0 Å². The molecule has 1 aromatic heterocycles. The van der Waals surface area contributed by atoms with Crippen LogP contribution < -0.4 is 15.4 Å². The number of hydrogen-bond donors (Lipinski definition) is 2. The Morgan fingerprint density at radius 1 is 1.25 bits per heavy atom. The Morgan fingerprint density at radius 3 is 2.79 bits per heavy atom. The standard InChI is InChI=1S/C14H16N4O4S2/c1-21-10-6-4-3-5-9(10)16-13-17-18-14(24-13)23-8-11(19)15-7-12(20)22-2/h3-6H,7-8H2,1-2H3,(H,15,19)(H,16,17). The zero-order valence-electron chi connectivity index (χ0n) is 13.1. The van der Waals surface area contributed by atoms with E-state index in [1.54, 1.807) is 7.11 Å². The Bertz CT molecular complexity index is 708. The zero-order chi connectivity index (χ0) is 17.4. The predicted molar refractivity (Wildman–Crippen MR) is 91.9 cm³/mol. The van der Waals surface area contributed by atoms with E-state index in [0.29, 0.717) is 15.2 Å². The van der Waals surface area contributed by atoms with Gasteiger partial charge in [0.05, 0.1) is 25.7 Å². The highest BCUT2D eigenvalue weighted by atomic mass is 32.2. The second-order valence-electron chi connectivity index (χ2n) is 4.34. The van der Waals surface area contributed by atoms with Gasteiger partial charge in [-0.05, 0) is 12.1 Å². The lowest BCUT2D eigenvalue weighted by atomic mass is 10.3. The molecule has 2 N–H and O–H groups in total. The molecule has 0 saturated carbocycles. The van der Waals surface area contributed by atoms with E-state index in [-0.39, 0.29) is 18.2 Å². The number of thioether (sulfide) groups is 1. The lowest BCUT2D eigenvalue weighted by Gasteiger charge is -2.07. The number of ether oxygens (including phenoxy) is 2. The average molecular weight is 368 g/mol. The maximum absolute atomic E-state index is 11.6. The van der Waals surface area contributed by atoms with Crippen molar-refractivity contribution in [3.8, 4) is 5.75 Å². The summed E-state index contributed by atoms with van der Waals surface area (Å²) in [6.07, 6.45) is 0. The van der Waals surface area contributed by atoms with Gasteiger partial charge in [0.2, 0.25) is 11.0 Å². The van der Waals surface area contributed by atoms with Gasteiger partial charge in [0.1, 0.15) is 12.3 Å². The molecular formula is C14H16N4O4S2. The summed E-state index contributed by atoms with van der Waals surface area (Å²) >= 11 is 2.56. The van der Waals surface area contributed by atoms with Crippen LogP contribution in [0.1, 0.15) is 0 Å². The third-order valence-corrected chi connectivity index (χ3v) is 4.71. The number of amides is 1. The van der Waals surface area contributed by atoms with Gasteiger partial charge in [0.25, 0.3) is 0 Å². The number of aromatic nitrogens is 2. The van der Waals surface area contributed by atoms with Crippen molar-refractivity contribution in [1.29, 1.82) is 0 Å². The van der Waals surface area contributed by atoms with Crippen molar-refractivity contribution in [2.75, 3.05) is 31.8 Å². The minimum atomic E-state index is -0.493. The van der Waals surface area contributed by atoms with Crippen molar-refractivity contribution in [3.63, 3.8) is 0 Å². The molecule has 1 amide bonds. The molecule has 2 aromatic rings. The number of anilines is 2. The molecule has 0 atom stereocenters. The zero-order valence-corrected chi connectivity index (χ0v) is 14.7. The van der Waals surface area contributed by atoms with Crippen LogP contribution in [0.25, 0.3) is 0 Å². The summed E-state index contributed by atoms with van der Waals surface area (Å²) in [4.78, 5) is 22.5. The van der Waals surface area contributed by atoms with Crippen LogP contribution in [0.4, 0.5) is 10.8 Å². The first-order valence-electron chi connectivity index (χ1n) is 6.82. The quantitative estimate of drug-likeness (QED) is 0.536. The smallest absolute Gasteiger partial charge is 0.325 e. The van der Waals surface area contributed by atoms with Gasteiger partial charge in [-0.3, -0.25) is 9.59 Å². The van der Waals surface area contributed by atoms with Crippen LogP contribution in [-0.4, -0.2) is 48.6 Å². The van der Waals surface area contributed by atoms with Gasteiger partial charge in [-0.25, -0.2) is 0 Å². The van der Waals surface area contributed by atoms with E-state index in [2.05, 4.69) is 25.6 Å². The Morgan fingerprint density at radius 2 is 2.04 bits per heavy atom. The molecule has 0 unspecified atom stereocenters. The summed E-state index contributed by atoms with van der Waals surface area (Å²) < 4.78 is 10.3. The number of methoxy groups -OCH3 is 2. The number of carbonyl (C=O) groups is 2. The fourth-order valence-electron chi connectivity index (χ4n) is 1.60. The lowest BCUT2D eigenvalue weighted by molar-refractivity contribution is -0.140. The van der Waals surface area contributed by atoms with E-state index in [1.165, 1.54) is 30.2 Å². The number of nitrogens with zero attached hydrogens (tertiary/aromatic N) is 2. The summed E-state index contributed by atoms with van der Waals surface area (Å²) in [5, 5.41) is 14.2. The molecule has 0 aliphatic carbocycles. The fraction of sp³-hybridized carbons (Fsp3) is 0.286. The molecule has 0 fully saturated rings. The van der Waals surface area contributed by atoms with E-state index >= 15 is 0 Å². The summed E-state index contributed by atoms with van der Waals surface area (Å²) in [6, 6.07) is 7.46. The third kappa shape index (κ3) is 5.39. The van der Waals surface area contributed by atoms with Crippen molar-refractivity contribution in [1.82, 2.24) is 15.5 Å². The van der Waals surface area contributed by atoms with E-state index in [1.807, 2.05) is 24.3 Å². The molecule has 10 heteroatoms. The molecule has 8 nitrogen and oxygen atoms in total. The lowest BCUT2D eigenvalue weighted by Crippen LogP contribution is -2.31. The van der Waals surface area contributed by atoms with E-state index < -0.39 is 5.97 Å². The molecule has 0 aliphatic rings. The van der Waals surface area contributed by atoms with Crippen LogP contribution >= 0.6 is 23.1 Å². The molecule has 1 heterocycles. The Kier molecular flexibility index (Phi) is 6.82. The topological polar surface area (TPSA) is 102 Å². The molecule has 128 valence electrons. The summed E-state index contributed by atoms with van der Waals surface area (Å²) in [7, 11) is 2.86. The van der Waals surface area contributed by atoms with Crippen molar-refractivity contribution in [3.05, 3.63) is 24.3 Å². The van der Waals surface area contributed by atoms with Crippen molar-refractivity contribution < 1.29 is 19.1 Å². The summed E-state index contributed by atoms with van der Waals surface area (Å²) in [5.41, 5.74) is 0.781. The minimum absolute atomic E-state index is 0.139. The molecule has 0 radical (unpaired) electrons. The highest BCUT2D eigenvalue weighted by Gasteiger charge is 2.11. The number of rotatable bonds is 8. The van der Waals surface area contributed by atoms with Crippen LogP contribution in [-0.2, 0) is 14.3 Å². The molecule has 2 rings (SSSR count). The molecule has 24 heavy (non-hydrogen) atoms. The van der Waals surface area contributed by atoms with Crippen LogP contribution in [0.15, 0.2) is 28.6 Å². The number of para-hydroxylation sites is 2. The highest BCUT2D eigenvalue weighted by molar-refractivity contribution is 8.01. The number of nitrogens with one attached hydrogen (secondary N) is 2. The molecule has 0 bridgehead atoms. The number of hydrogen-bond acceptors (Lipinski definition) is 9. The Hall–Kier alpha value is -2.33. The van der Waals surface area contributed by atoms with Gasteiger partial charge in [0, 0.05) is 0 Å². The maximum atomic E-state index is 11.6. The minimum Gasteiger partial charge on any atom is -0.495 e. The second-order valence-corrected chi connectivity index (χ2v) is 6.54. The monoisotopic (exact) mass is 368 g/mol. The molecule has 1 aromatic carbocycles. The number of esters is 1. The third-order valence-electron chi connectivity index (χ3n) is 2.74. The van der Waals surface area contributed by atoms with E-state index in [0.717, 1.165) is 5.69 Å². The second kappa shape index (κ2) is 9.08. The van der Waals surface area contributed by atoms with E-state index in [4.69, 9.17) is 4.74 Å². The summed E-state index contributed by atoms with van der Waals surface area (Å²) in [5.74, 6) is 0.0665. The first-order chi connectivity index (χ1) is 11.6. The normalized spacial score (nSPS) is 10.1. The first kappa shape index (κ1) is 18.0. The number of benzene rings is 1. The largest absolute Gasteiger partial charge is 0.495 e. The Balaban J connectivity index is 1.85. The Labute approximate surface area is 146 Å². The van der Waals surface area contributed by atoms with Gasteiger partial charge in [0.15, 0.2) is 4.34 Å². The maximum Gasteiger partial charge on any atom is 0.325 e. The van der Waals surface area contributed by atoms with Crippen LogP contribution in [0, 0.1) is 0 Å².